The minimum absolute atomic E-state index is 0.0577. The lowest BCUT2D eigenvalue weighted by Gasteiger charge is -2.27. The highest BCUT2D eigenvalue weighted by Gasteiger charge is 2.44. The maximum Gasteiger partial charge on any atom is 0.410 e. The Hall–Kier alpha value is -2.94. The van der Waals surface area contributed by atoms with Gasteiger partial charge < -0.3 is 23.7 Å². The van der Waals surface area contributed by atoms with Gasteiger partial charge in [0.2, 0.25) is 6.29 Å². The molecule has 3 aliphatic heterocycles. The van der Waals surface area contributed by atoms with Crippen molar-refractivity contribution >= 4 is 12.1 Å². The fourth-order valence-electron chi connectivity index (χ4n) is 6.04. The zero-order chi connectivity index (χ0) is 25.9. The number of fused-ring (bicyclic) bond motifs is 3. The third kappa shape index (κ3) is 5.30. The Kier molecular flexibility index (Phi) is 7.63. The van der Waals surface area contributed by atoms with Gasteiger partial charge in [-0.15, -0.1) is 0 Å². The number of nitrogens with zero attached hydrogens (tertiary/aromatic N) is 1. The van der Waals surface area contributed by atoms with Crippen molar-refractivity contribution in [2.24, 2.45) is 0 Å². The predicted molar refractivity (Wildman–Crippen MR) is 138 cm³/mol. The lowest BCUT2D eigenvalue weighted by atomic mass is 9.98. The van der Waals surface area contributed by atoms with E-state index in [1.165, 1.54) is 16.0 Å². The maximum absolute atomic E-state index is 13.4. The van der Waals surface area contributed by atoms with Gasteiger partial charge in [-0.3, -0.25) is 4.90 Å². The molecule has 3 saturated heterocycles. The molecule has 3 heterocycles. The third-order valence-corrected chi connectivity index (χ3v) is 7.97. The van der Waals surface area contributed by atoms with E-state index in [0.717, 1.165) is 43.2 Å². The van der Waals surface area contributed by atoms with Crippen LogP contribution in [0.5, 0.6) is 0 Å². The number of amides is 1. The molecule has 2 aromatic carbocycles. The Balaban J connectivity index is 1.15. The molecule has 4 aliphatic rings. The Bertz CT molecular complexity index is 1100. The van der Waals surface area contributed by atoms with Crippen LogP contribution in [-0.4, -0.2) is 68.1 Å². The number of benzene rings is 2. The topological polar surface area (TPSA) is 83.5 Å². The molecule has 1 aliphatic carbocycles. The summed E-state index contributed by atoms with van der Waals surface area (Å²) in [5, 5.41) is 0. The van der Waals surface area contributed by atoms with E-state index >= 15 is 0 Å². The van der Waals surface area contributed by atoms with Gasteiger partial charge in [-0.05, 0) is 54.4 Å². The number of esters is 1. The largest absolute Gasteiger partial charge is 0.448 e. The number of rotatable bonds is 6. The molecule has 0 aromatic heterocycles. The van der Waals surface area contributed by atoms with Gasteiger partial charge in [0.25, 0.3) is 0 Å². The molecule has 38 heavy (non-hydrogen) atoms. The lowest BCUT2D eigenvalue weighted by molar-refractivity contribution is -0.192. The summed E-state index contributed by atoms with van der Waals surface area (Å²) in [4.78, 5) is 28.1. The summed E-state index contributed by atoms with van der Waals surface area (Å²) in [6, 6.07) is 15.7. The van der Waals surface area contributed by atoms with Gasteiger partial charge in [0.15, 0.2) is 6.29 Å². The molecule has 0 N–H and O–H groups in total. The van der Waals surface area contributed by atoms with E-state index in [2.05, 4.69) is 24.3 Å². The van der Waals surface area contributed by atoms with Crippen molar-refractivity contribution in [1.82, 2.24) is 4.90 Å². The van der Waals surface area contributed by atoms with Crippen LogP contribution in [0.3, 0.4) is 0 Å². The van der Waals surface area contributed by atoms with Crippen molar-refractivity contribution in [3.63, 3.8) is 0 Å². The number of carbonyl (C=O) groups is 2. The smallest absolute Gasteiger partial charge is 0.410 e. The molecule has 1 amide bonds. The van der Waals surface area contributed by atoms with Gasteiger partial charge >= 0.3 is 12.1 Å². The van der Waals surface area contributed by atoms with E-state index in [0.29, 0.717) is 26.1 Å². The first-order chi connectivity index (χ1) is 18.7. The van der Waals surface area contributed by atoms with E-state index < -0.39 is 24.4 Å². The average molecular weight is 522 g/mol. The molecule has 8 nitrogen and oxygen atoms in total. The summed E-state index contributed by atoms with van der Waals surface area (Å²) in [7, 11) is 0. The first kappa shape index (κ1) is 25.3. The molecule has 3 fully saturated rings. The number of carbonyl (C=O) groups excluding carboxylic acids is 2. The molecular weight excluding hydrogens is 486 g/mol. The quantitative estimate of drug-likeness (QED) is 0.495. The Morgan fingerprint density at radius 2 is 1.47 bits per heavy atom. The molecule has 0 spiro atoms. The van der Waals surface area contributed by atoms with Gasteiger partial charge in [0, 0.05) is 25.4 Å². The van der Waals surface area contributed by atoms with Crippen LogP contribution in [0, 0.1) is 0 Å². The lowest BCUT2D eigenvalue weighted by Crippen LogP contribution is -2.43. The zero-order valence-corrected chi connectivity index (χ0v) is 21.6. The summed E-state index contributed by atoms with van der Waals surface area (Å²) in [6.45, 7) is 1.68. The van der Waals surface area contributed by atoms with Crippen LogP contribution < -0.4 is 0 Å². The van der Waals surface area contributed by atoms with Gasteiger partial charge in [-0.2, -0.15) is 0 Å². The highest BCUT2D eigenvalue weighted by atomic mass is 16.7. The minimum Gasteiger partial charge on any atom is -0.448 e. The highest BCUT2D eigenvalue weighted by molar-refractivity contribution is 5.83. The Morgan fingerprint density at radius 3 is 2.11 bits per heavy atom. The van der Waals surface area contributed by atoms with Crippen LogP contribution in [0.1, 0.15) is 62.0 Å². The number of hydrogen-bond acceptors (Lipinski definition) is 7. The number of likely N-dealkylation sites (tertiary alicyclic amines) is 1. The van der Waals surface area contributed by atoms with E-state index in [9.17, 15) is 9.59 Å². The minimum atomic E-state index is -0.787. The van der Waals surface area contributed by atoms with Crippen LogP contribution in [-0.2, 0) is 28.5 Å². The van der Waals surface area contributed by atoms with Crippen LogP contribution in [0.25, 0.3) is 11.1 Å². The van der Waals surface area contributed by atoms with Crippen molar-refractivity contribution in [2.75, 3.05) is 26.4 Å². The van der Waals surface area contributed by atoms with Crippen molar-refractivity contribution in [2.45, 2.75) is 75.6 Å². The summed E-state index contributed by atoms with van der Waals surface area (Å²) in [5.74, 6) is -0.529. The summed E-state index contributed by atoms with van der Waals surface area (Å²) < 4.78 is 29.1. The van der Waals surface area contributed by atoms with Crippen molar-refractivity contribution < 1.29 is 33.3 Å². The van der Waals surface area contributed by atoms with Gasteiger partial charge in [-0.25, -0.2) is 9.59 Å². The van der Waals surface area contributed by atoms with Crippen molar-refractivity contribution in [3.8, 4) is 11.1 Å². The average Bonchev–Trinajstić information content (AvgIpc) is 3.52. The molecule has 202 valence electrons. The second kappa shape index (κ2) is 11.4. The second-order valence-electron chi connectivity index (χ2n) is 10.5. The van der Waals surface area contributed by atoms with Crippen LogP contribution in [0.2, 0.25) is 0 Å². The maximum atomic E-state index is 13.4. The molecular formula is C30H35NO7. The Labute approximate surface area is 223 Å². The molecule has 0 bridgehead atoms. The van der Waals surface area contributed by atoms with E-state index in [1.807, 2.05) is 24.3 Å². The number of hydrogen-bond donors (Lipinski definition) is 0. The third-order valence-electron chi connectivity index (χ3n) is 7.97. The fourth-order valence-corrected chi connectivity index (χ4v) is 6.04. The van der Waals surface area contributed by atoms with Crippen molar-refractivity contribution in [1.29, 1.82) is 0 Å². The van der Waals surface area contributed by atoms with Crippen LogP contribution in [0.4, 0.5) is 4.79 Å². The summed E-state index contributed by atoms with van der Waals surface area (Å²) >= 11 is 0. The molecule has 6 rings (SSSR count). The SMILES string of the molecule is O=C(OC1CCCCO1)[C@@H]1C[C@H](OC2CCCCO2)CN1C(=O)OCC1c2ccccc2-c2ccccc21. The first-order valence-electron chi connectivity index (χ1n) is 13.9. The van der Waals surface area contributed by atoms with E-state index in [4.69, 9.17) is 23.7 Å². The number of ether oxygens (including phenoxy) is 5. The summed E-state index contributed by atoms with van der Waals surface area (Å²) in [5.41, 5.74) is 4.62. The molecule has 2 aromatic rings. The van der Waals surface area contributed by atoms with Gasteiger partial charge in [-0.1, -0.05) is 48.5 Å². The Morgan fingerprint density at radius 1 is 0.842 bits per heavy atom. The van der Waals surface area contributed by atoms with Crippen LogP contribution in [0.15, 0.2) is 48.5 Å². The molecule has 2 unspecified atom stereocenters. The predicted octanol–water partition coefficient (Wildman–Crippen LogP) is 4.99. The van der Waals surface area contributed by atoms with Crippen molar-refractivity contribution in [3.05, 3.63) is 59.7 Å². The standard InChI is InChI=1S/C30H35NO7/c32-29(38-28-14-6-8-16-35-28)26-17-20(37-27-13-5-7-15-34-27)18-31(26)30(33)36-19-25-23-11-3-1-9-21(23)22-10-2-4-12-24(22)25/h1-4,9-12,20,25-28H,5-8,13-19H2/t20-,26-,27?,28?/m0/s1. The second-order valence-corrected chi connectivity index (χ2v) is 10.5. The molecule has 0 radical (unpaired) electrons. The normalized spacial score (nSPS) is 27.0. The van der Waals surface area contributed by atoms with E-state index in [-0.39, 0.29) is 31.5 Å². The highest BCUT2D eigenvalue weighted by Crippen LogP contribution is 2.44. The molecule has 0 saturated carbocycles. The van der Waals surface area contributed by atoms with Gasteiger partial charge in [0.1, 0.15) is 12.6 Å². The summed E-state index contributed by atoms with van der Waals surface area (Å²) in [6.07, 6.45) is 4.05. The van der Waals surface area contributed by atoms with E-state index in [1.54, 1.807) is 0 Å². The molecule has 8 heteroatoms. The molecule has 4 atom stereocenters. The zero-order valence-electron chi connectivity index (χ0n) is 21.6. The monoisotopic (exact) mass is 521 g/mol. The van der Waals surface area contributed by atoms with Crippen LogP contribution >= 0.6 is 0 Å². The first-order valence-corrected chi connectivity index (χ1v) is 13.9. The fraction of sp³-hybridized carbons (Fsp3) is 0.533. The van der Waals surface area contributed by atoms with Gasteiger partial charge in [0.05, 0.1) is 19.3 Å².